The van der Waals surface area contributed by atoms with Crippen LogP contribution >= 0.6 is 11.6 Å². The first-order valence-corrected chi connectivity index (χ1v) is 8.44. The van der Waals surface area contributed by atoms with Crippen LogP contribution in [0.3, 0.4) is 0 Å². The lowest BCUT2D eigenvalue weighted by atomic mass is 10.1. The van der Waals surface area contributed by atoms with Gasteiger partial charge >= 0.3 is 0 Å². The molecule has 2 rings (SSSR count). The molecule has 1 unspecified atom stereocenters. The second-order valence-electron chi connectivity index (χ2n) is 6.12. The summed E-state index contributed by atoms with van der Waals surface area (Å²) < 4.78 is 12.4. The normalized spacial score (nSPS) is 11.9. The van der Waals surface area contributed by atoms with Gasteiger partial charge in [0.2, 0.25) is 0 Å². The fourth-order valence-corrected chi connectivity index (χ4v) is 2.93. The van der Waals surface area contributed by atoms with Crippen molar-refractivity contribution in [1.29, 1.82) is 0 Å². The number of benzene rings is 1. The van der Waals surface area contributed by atoms with Crippen molar-refractivity contribution in [3.05, 3.63) is 40.2 Å². The van der Waals surface area contributed by atoms with E-state index in [0.717, 1.165) is 17.9 Å². The topological polar surface area (TPSA) is 65.4 Å². The predicted octanol–water partition coefficient (Wildman–Crippen LogP) is 3.24. The minimum Gasteiger partial charge on any atom is -0.493 e. The number of ether oxygens (including phenoxy) is 2. The summed E-state index contributed by atoms with van der Waals surface area (Å²) in [6.45, 7) is 7.34. The molecule has 136 valence electrons. The summed E-state index contributed by atoms with van der Waals surface area (Å²) in [4.78, 5) is 12.4. The van der Waals surface area contributed by atoms with E-state index in [2.05, 4.69) is 17.3 Å². The largest absolute Gasteiger partial charge is 0.493 e. The molecule has 6 nitrogen and oxygen atoms in total. The number of nitrogens with zero attached hydrogens (tertiary/aromatic N) is 2. The van der Waals surface area contributed by atoms with Gasteiger partial charge < -0.3 is 14.8 Å². The lowest BCUT2D eigenvalue weighted by Gasteiger charge is -2.15. The lowest BCUT2D eigenvalue weighted by molar-refractivity contribution is 0.0946. The molecule has 0 bridgehead atoms. The number of rotatable bonds is 7. The van der Waals surface area contributed by atoms with Crippen molar-refractivity contribution in [2.45, 2.75) is 27.3 Å². The van der Waals surface area contributed by atoms with Gasteiger partial charge in [-0.25, -0.2) is 0 Å². The van der Waals surface area contributed by atoms with Crippen LogP contribution in [-0.2, 0) is 6.54 Å². The van der Waals surface area contributed by atoms with Crippen molar-refractivity contribution in [3.8, 4) is 11.5 Å². The van der Waals surface area contributed by atoms with Crippen molar-refractivity contribution in [2.24, 2.45) is 5.92 Å². The van der Waals surface area contributed by atoms with Crippen molar-refractivity contribution < 1.29 is 14.3 Å². The van der Waals surface area contributed by atoms with E-state index >= 15 is 0 Å². The molecule has 1 aromatic carbocycles. The van der Waals surface area contributed by atoms with Gasteiger partial charge in [0, 0.05) is 24.3 Å². The number of hydrogen-bond donors (Lipinski definition) is 1. The van der Waals surface area contributed by atoms with Gasteiger partial charge in [-0.3, -0.25) is 9.48 Å². The third-order valence-electron chi connectivity index (χ3n) is 3.89. The summed E-state index contributed by atoms with van der Waals surface area (Å²) in [5.41, 5.74) is 2.54. The van der Waals surface area contributed by atoms with Gasteiger partial charge in [0.1, 0.15) is 0 Å². The molecule has 2 aromatic rings. The number of halogens is 1. The van der Waals surface area contributed by atoms with Crippen LogP contribution in [0.1, 0.15) is 28.7 Å². The SMILES string of the molecule is COc1cc(C(=O)NCC(C)Cn2nc(C)cc2C)cc(Cl)c1OC. The maximum absolute atomic E-state index is 12.4. The van der Waals surface area contributed by atoms with Gasteiger partial charge in [-0.05, 0) is 38.0 Å². The zero-order valence-electron chi connectivity index (χ0n) is 15.2. The fraction of sp³-hybridized carbons (Fsp3) is 0.444. The van der Waals surface area contributed by atoms with Crippen molar-refractivity contribution in [2.75, 3.05) is 20.8 Å². The molecule has 1 amide bonds. The van der Waals surface area contributed by atoms with Crippen LogP contribution in [0.15, 0.2) is 18.2 Å². The second-order valence-corrected chi connectivity index (χ2v) is 6.53. The van der Waals surface area contributed by atoms with Crippen LogP contribution in [-0.4, -0.2) is 36.5 Å². The van der Waals surface area contributed by atoms with Crippen LogP contribution in [0.25, 0.3) is 0 Å². The number of aromatic nitrogens is 2. The average molecular weight is 366 g/mol. The third kappa shape index (κ3) is 4.66. The molecule has 0 saturated carbocycles. The molecule has 0 radical (unpaired) electrons. The Hall–Kier alpha value is -2.21. The predicted molar refractivity (Wildman–Crippen MR) is 97.8 cm³/mol. The monoisotopic (exact) mass is 365 g/mol. The van der Waals surface area contributed by atoms with Gasteiger partial charge in [-0.15, -0.1) is 0 Å². The third-order valence-corrected chi connectivity index (χ3v) is 4.18. The molecule has 0 aliphatic heterocycles. The molecule has 0 fully saturated rings. The van der Waals surface area contributed by atoms with E-state index in [4.69, 9.17) is 21.1 Å². The number of methoxy groups -OCH3 is 2. The summed E-state index contributed by atoms with van der Waals surface area (Å²) >= 11 is 6.15. The highest BCUT2D eigenvalue weighted by Crippen LogP contribution is 2.35. The Morgan fingerprint density at radius 1 is 1.28 bits per heavy atom. The van der Waals surface area contributed by atoms with E-state index in [1.54, 1.807) is 12.1 Å². The Morgan fingerprint density at radius 2 is 2.00 bits per heavy atom. The van der Waals surface area contributed by atoms with E-state index in [1.165, 1.54) is 14.2 Å². The Labute approximate surface area is 153 Å². The number of amides is 1. The van der Waals surface area contributed by atoms with E-state index in [0.29, 0.717) is 28.6 Å². The minimum absolute atomic E-state index is 0.205. The highest BCUT2D eigenvalue weighted by molar-refractivity contribution is 6.32. The Balaban J connectivity index is 2.00. The highest BCUT2D eigenvalue weighted by atomic mass is 35.5. The van der Waals surface area contributed by atoms with Crippen LogP contribution in [0.2, 0.25) is 5.02 Å². The highest BCUT2D eigenvalue weighted by Gasteiger charge is 2.16. The summed E-state index contributed by atoms with van der Waals surface area (Å²) in [5.74, 6) is 0.870. The molecule has 0 saturated heterocycles. The van der Waals surface area contributed by atoms with Crippen molar-refractivity contribution >= 4 is 17.5 Å². The van der Waals surface area contributed by atoms with Crippen molar-refractivity contribution in [3.63, 3.8) is 0 Å². The molecular weight excluding hydrogens is 342 g/mol. The van der Waals surface area contributed by atoms with Gasteiger partial charge in [0.05, 0.1) is 24.9 Å². The van der Waals surface area contributed by atoms with Gasteiger partial charge in [0.25, 0.3) is 5.91 Å². The minimum atomic E-state index is -0.205. The van der Waals surface area contributed by atoms with Crippen molar-refractivity contribution in [1.82, 2.24) is 15.1 Å². The Bertz CT molecular complexity index is 758. The average Bonchev–Trinajstić information content (AvgIpc) is 2.88. The molecule has 0 aliphatic carbocycles. The molecule has 25 heavy (non-hydrogen) atoms. The molecule has 1 heterocycles. The fourth-order valence-electron chi connectivity index (χ4n) is 2.64. The smallest absolute Gasteiger partial charge is 0.251 e. The number of hydrogen-bond acceptors (Lipinski definition) is 4. The van der Waals surface area contributed by atoms with Crippen LogP contribution < -0.4 is 14.8 Å². The zero-order chi connectivity index (χ0) is 18.6. The Kier molecular flexibility index (Phi) is 6.31. The molecule has 1 aromatic heterocycles. The van der Waals surface area contributed by atoms with E-state index in [9.17, 15) is 4.79 Å². The lowest BCUT2D eigenvalue weighted by Crippen LogP contribution is -2.30. The number of carbonyl (C=O) groups excluding carboxylic acids is 1. The molecule has 1 atom stereocenters. The van der Waals surface area contributed by atoms with E-state index < -0.39 is 0 Å². The standard InChI is InChI=1S/C18H24ClN3O3/c1-11(10-22-13(3)6-12(2)21-22)9-20-18(23)14-7-15(19)17(25-5)16(8-14)24-4/h6-8,11H,9-10H2,1-5H3,(H,20,23). The summed E-state index contributed by atoms with van der Waals surface area (Å²) in [6, 6.07) is 5.23. The van der Waals surface area contributed by atoms with Gasteiger partial charge in [0.15, 0.2) is 11.5 Å². The second kappa shape index (κ2) is 8.25. The molecular formula is C18H24ClN3O3. The summed E-state index contributed by atoms with van der Waals surface area (Å²) in [5, 5.41) is 7.71. The quantitative estimate of drug-likeness (QED) is 0.818. The molecule has 1 N–H and O–H groups in total. The first-order chi connectivity index (χ1) is 11.8. The maximum Gasteiger partial charge on any atom is 0.251 e. The molecule has 7 heteroatoms. The first kappa shape index (κ1) is 19.1. The van der Waals surface area contributed by atoms with E-state index in [-0.39, 0.29) is 11.8 Å². The van der Waals surface area contributed by atoms with E-state index in [1.807, 2.05) is 24.6 Å². The Morgan fingerprint density at radius 3 is 2.56 bits per heavy atom. The number of aryl methyl sites for hydroxylation is 2. The summed E-state index contributed by atoms with van der Waals surface area (Å²) in [6.07, 6.45) is 0. The van der Waals surface area contributed by atoms with Crippen LogP contribution in [0.4, 0.5) is 0 Å². The first-order valence-electron chi connectivity index (χ1n) is 8.06. The molecule has 0 spiro atoms. The van der Waals surface area contributed by atoms with Gasteiger partial charge in [-0.1, -0.05) is 18.5 Å². The number of nitrogens with one attached hydrogen (secondary N) is 1. The zero-order valence-corrected chi connectivity index (χ0v) is 16.0. The van der Waals surface area contributed by atoms with Crippen LogP contribution in [0.5, 0.6) is 11.5 Å². The number of carbonyl (C=O) groups is 1. The van der Waals surface area contributed by atoms with Crippen LogP contribution in [0, 0.1) is 19.8 Å². The summed E-state index contributed by atoms with van der Waals surface area (Å²) in [7, 11) is 3.01. The van der Waals surface area contributed by atoms with Gasteiger partial charge in [-0.2, -0.15) is 5.10 Å². The maximum atomic E-state index is 12.4. The molecule has 0 aliphatic rings.